The second kappa shape index (κ2) is 7.74. The van der Waals surface area contributed by atoms with Crippen LogP contribution in [-0.2, 0) is 13.0 Å². The van der Waals surface area contributed by atoms with E-state index in [0.717, 1.165) is 61.3 Å². The molecule has 6 rings (SSSR count). The van der Waals surface area contributed by atoms with E-state index in [1.807, 2.05) is 41.1 Å². The monoisotopic (exact) mass is 442 g/mol. The third kappa shape index (κ3) is 3.38. The zero-order valence-corrected chi connectivity index (χ0v) is 18.5. The molecule has 0 radical (unpaired) electrons. The van der Waals surface area contributed by atoms with Gasteiger partial charge in [0.05, 0.1) is 5.52 Å². The van der Waals surface area contributed by atoms with E-state index in [1.165, 1.54) is 11.3 Å². The van der Waals surface area contributed by atoms with Gasteiger partial charge < -0.3 is 15.2 Å². The zero-order chi connectivity index (χ0) is 22.5. The fourth-order valence-electron chi connectivity index (χ4n) is 5.37. The summed E-state index contributed by atoms with van der Waals surface area (Å²) in [7, 11) is 1.67. The number of H-pyrrole nitrogens is 1. The molecular weight excluding hydrogens is 416 g/mol. The molecule has 1 amide bonds. The normalized spacial score (nSPS) is 18.3. The highest BCUT2D eigenvalue weighted by atomic mass is 16.1. The van der Waals surface area contributed by atoms with Gasteiger partial charge in [0.1, 0.15) is 5.52 Å². The van der Waals surface area contributed by atoms with E-state index in [9.17, 15) is 9.59 Å². The molecule has 1 atom stereocenters. The Morgan fingerprint density at radius 3 is 3.03 bits per heavy atom. The van der Waals surface area contributed by atoms with Crippen molar-refractivity contribution in [2.75, 3.05) is 31.6 Å². The molecule has 1 aromatic carbocycles. The van der Waals surface area contributed by atoms with Crippen LogP contribution in [0.25, 0.3) is 16.7 Å². The molecule has 8 nitrogen and oxygen atoms in total. The summed E-state index contributed by atoms with van der Waals surface area (Å²) >= 11 is 0. The number of aromatic nitrogens is 3. The number of hydrogen-bond acceptors (Lipinski definition) is 5. The third-order valence-electron chi connectivity index (χ3n) is 6.98. The maximum absolute atomic E-state index is 12.3. The largest absolute Gasteiger partial charge is 0.366 e. The van der Waals surface area contributed by atoms with Gasteiger partial charge in [-0.1, -0.05) is 0 Å². The van der Waals surface area contributed by atoms with Gasteiger partial charge in [0.15, 0.2) is 5.65 Å². The van der Waals surface area contributed by atoms with Gasteiger partial charge in [0.25, 0.3) is 11.5 Å². The van der Waals surface area contributed by atoms with Crippen molar-refractivity contribution in [2.24, 2.45) is 0 Å². The van der Waals surface area contributed by atoms with Crippen molar-refractivity contribution in [2.45, 2.75) is 25.4 Å². The summed E-state index contributed by atoms with van der Waals surface area (Å²) in [6.45, 7) is 3.71. The van der Waals surface area contributed by atoms with Crippen molar-refractivity contribution < 1.29 is 4.79 Å². The topological polar surface area (TPSA) is 85.7 Å². The van der Waals surface area contributed by atoms with Gasteiger partial charge in [-0.3, -0.25) is 18.9 Å². The van der Waals surface area contributed by atoms with Gasteiger partial charge >= 0.3 is 0 Å². The number of aromatic amines is 1. The molecule has 5 heterocycles. The minimum Gasteiger partial charge on any atom is -0.366 e. The molecule has 0 aliphatic carbocycles. The third-order valence-corrected chi connectivity index (χ3v) is 6.98. The number of benzene rings is 1. The van der Waals surface area contributed by atoms with E-state index in [2.05, 4.69) is 31.2 Å². The first-order valence-electron chi connectivity index (χ1n) is 11.4. The molecule has 0 spiro atoms. The number of anilines is 1. The van der Waals surface area contributed by atoms with Crippen LogP contribution in [0.5, 0.6) is 0 Å². The quantitative estimate of drug-likeness (QED) is 0.508. The van der Waals surface area contributed by atoms with Crippen LogP contribution in [0.4, 0.5) is 5.69 Å². The Morgan fingerprint density at radius 2 is 2.15 bits per heavy atom. The number of carbonyl (C=O) groups excluding carboxylic acids is 1. The molecule has 2 N–H and O–H groups in total. The lowest BCUT2D eigenvalue weighted by molar-refractivity contribution is 0.0963. The number of hydrogen-bond donors (Lipinski definition) is 2. The van der Waals surface area contributed by atoms with Crippen LogP contribution in [0, 0.1) is 0 Å². The minimum absolute atomic E-state index is 0.0346. The molecule has 0 saturated carbocycles. The smallest absolute Gasteiger partial charge is 0.272 e. The summed E-state index contributed by atoms with van der Waals surface area (Å²) < 4.78 is 1.84. The lowest BCUT2D eigenvalue weighted by atomic mass is 9.92. The van der Waals surface area contributed by atoms with E-state index in [0.29, 0.717) is 11.6 Å². The van der Waals surface area contributed by atoms with Gasteiger partial charge in [-0.15, -0.1) is 0 Å². The summed E-state index contributed by atoms with van der Waals surface area (Å²) in [4.78, 5) is 36.9. The highest BCUT2D eigenvalue weighted by Crippen LogP contribution is 2.33. The molecule has 2 aliphatic rings. The predicted molar refractivity (Wildman–Crippen MR) is 128 cm³/mol. The predicted octanol–water partition coefficient (Wildman–Crippen LogP) is 2.17. The Bertz CT molecular complexity index is 1440. The Hall–Kier alpha value is -3.65. The van der Waals surface area contributed by atoms with E-state index in [1.54, 1.807) is 13.1 Å². The maximum atomic E-state index is 12.3. The van der Waals surface area contributed by atoms with Crippen molar-refractivity contribution in [1.82, 2.24) is 24.6 Å². The molecule has 0 unspecified atom stereocenters. The van der Waals surface area contributed by atoms with Crippen molar-refractivity contribution >= 4 is 28.3 Å². The minimum atomic E-state index is -0.0967. The summed E-state index contributed by atoms with van der Waals surface area (Å²) in [6.07, 6.45) is 5.86. The Morgan fingerprint density at radius 1 is 1.24 bits per heavy atom. The summed E-state index contributed by atoms with van der Waals surface area (Å²) in [5.74, 6) is -0.0346. The first-order valence-corrected chi connectivity index (χ1v) is 11.4. The standard InChI is InChI=1S/C25H26N6O2/c1-26-24(32)18-5-7-21-17(12-18)4-6-19-15-29(9-10-30(19)21)14-16-11-20-23(27-13-16)31-8-2-3-22(31)25(33)28-20/h2-3,5,7-8,11-13,19H,4,6,9-10,14-15H2,1H3,(H,26,32)(H,28,33)/t19-/m1/s1. The first-order chi connectivity index (χ1) is 16.1. The number of piperazine rings is 1. The molecule has 4 aromatic rings. The lowest BCUT2D eigenvalue weighted by Gasteiger charge is -2.46. The number of rotatable bonds is 3. The van der Waals surface area contributed by atoms with Crippen LogP contribution in [-0.4, -0.2) is 57.9 Å². The average Bonchev–Trinajstić information content (AvgIpc) is 3.34. The van der Waals surface area contributed by atoms with E-state index >= 15 is 0 Å². The second-order valence-electron chi connectivity index (χ2n) is 8.98. The summed E-state index contributed by atoms with van der Waals surface area (Å²) in [5, 5.41) is 2.71. The number of fused-ring (bicyclic) bond motifs is 6. The van der Waals surface area contributed by atoms with E-state index in [-0.39, 0.29) is 11.5 Å². The average molecular weight is 443 g/mol. The highest BCUT2D eigenvalue weighted by molar-refractivity contribution is 5.94. The van der Waals surface area contributed by atoms with Crippen LogP contribution in [0.3, 0.4) is 0 Å². The molecule has 168 valence electrons. The Balaban J connectivity index is 1.20. The van der Waals surface area contributed by atoms with E-state index < -0.39 is 0 Å². The van der Waals surface area contributed by atoms with Crippen LogP contribution in [0.2, 0.25) is 0 Å². The molecule has 3 aromatic heterocycles. The lowest BCUT2D eigenvalue weighted by Crippen LogP contribution is -2.54. The van der Waals surface area contributed by atoms with Gasteiger partial charge in [-0.2, -0.15) is 0 Å². The van der Waals surface area contributed by atoms with Crippen molar-refractivity contribution in [3.8, 4) is 0 Å². The highest BCUT2D eigenvalue weighted by Gasteiger charge is 2.32. The van der Waals surface area contributed by atoms with Crippen molar-refractivity contribution in [1.29, 1.82) is 0 Å². The molecule has 8 heteroatoms. The number of pyridine rings is 1. The number of nitrogens with one attached hydrogen (secondary N) is 2. The maximum Gasteiger partial charge on any atom is 0.272 e. The number of aryl methyl sites for hydroxylation is 1. The van der Waals surface area contributed by atoms with Gasteiger partial charge in [-0.05, 0) is 60.4 Å². The molecule has 0 bridgehead atoms. The molecule has 1 fully saturated rings. The molecule has 1 saturated heterocycles. The van der Waals surface area contributed by atoms with Crippen molar-refractivity contribution in [3.63, 3.8) is 0 Å². The fourth-order valence-corrected chi connectivity index (χ4v) is 5.37. The summed E-state index contributed by atoms with van der Waals surface area (Å²) in [5.41, 5.74) is 6.40. The number of nitrogens with zero attached hydrogens (tertiary/aromatic N) is 4. The van der Waals surface area contributed by atoms with Crippen LogP contribution < -0.4 is 15.8 Å². The van der Waals surface area contributed by atoms with Crippen LogP contribution >= 0.6 is 0 Å². The van der Waals surface area contributed by atoms with Gasteiger partial charge in [-0.25, -0.2) is 4.98 Å². The molecule has 33 heavy (non-hydrogen) atoms. The van der Waals surface area contributed by atoms with E-state index in [4.69, 9.17) is 0 Å². The Kier molecular flexibility index (Phi) is 4.69. The van der Waals surface area contributed by atoms with Gasteiger partial charge in [0.2, 0.25) is 0 Å². The molecular formula is C25H26N6O2. The Labute approximate surface area is 190 Å². The van der Waals surface area contributed by atoms with Crippen LogP contribution in [0.1, 0.15) is 27.9 Å². The summed E-state index contributed by atoms with van der Waals surface area (Å²) in [6, 6.07) is 12.2. The zero-order valence-electron chi connectivity index (χ0n) is 18.5. The second-order valence-corrected chi connectivity index (χ2v) is 8.98. The fraction of sp³-hybridized carbons (Fsp3) is 0.320. The van der Waals surface area contributed by atoms with Gasteiger partial charge in [0, 0.05) is 62.9 Å². The number of amides is 1. The first kappa shape index (κ1) is 20.0. The van der Waals surface area contributed by atoms with Crippen molar-refractivity contribution in [3.05, 3.63) is 75.8 Å². The number of carbonyl (C=O) groups is 1. The SMILES string of the molecule is CNC(=O)c1ccc2c(c1)CC[C@@H]1CN(Cc3cnc4c(c3)[nH]c(=O)c3cccn34)CCN21. The van der Waals surface area contributed by atoms with Crippen LogP contribution in [0.15, 0.2) is 53.6 Å². The molecule has 2 aliphatic heterocycles.